The molecule has 0 unspecified atom stereocenters. The van der Waals surface area contributed by atoms with Crippen molar-refractivity contribution in [3.63, 3.8) is 0 Å². The number of nitrogens with zero attached hydrogens (tertiary/aromatic N) is 2. The summed E-state index contributed by atoms with van der Waals surface area (Å²) >= 11 is 3.43. The Kier molecular flexibility index (Phi) is 7.65. The molecule has 0 N–H and O–H groups in total. The number of hydrogen-bond donors (Lipinski definition) is 0. The van der Waals surface area contributed by atoms with Crippen LogP contribution in [0.1, 0.15) is 22.3 Å². The van der Waals surface area contributed by atoms with Gasteiger partial charge < -0.3 is 0 Å². The highest BCUT2D eigenvalue weighted by Gasteiger charge is 2.16. The van der Waals surface area contributed by atoms with Crippen LogP contribution in [0.5, 0.6) is 0 Å². The highest BCUT2D eigenvalue weighted by molar-refractivity contribution is 8.04. The van der Waals surface area contributed by atoms with Gasteiger partial charge in [-0.1, -0.05) is 120 Å². The van der Waals surface area contributed by atoms with Gasteiger partial charge in [0, 0.05) is 30.7 Å². The van der Waals surface area contributed by atoms with E-state index in [2.05, 4.69) is 98.8 Å². The van der Waals surface area contributed by atoms with Crippen LogP contribution in [0.25, 0.3) is 11.4 Å². The van der Waals surface area contributed by atoms with Crippen LogP contribution in [0.15, 0.2) is 151 Å². The number of hydrogen-bond acceptors (Lipinski definition) is 4. The SMILES string of the molecule is Cc1ccc(SC2=C(c3ccccc3)/N=N/C(c3ccccc3)=C(Sc3ccc(C)cc3)\C=C/2)cc1. The Morgan fingerprint density at radius 2 is 0.806 bits per heavy atom. The van der Waals surface area contributed by atoms with Crippen LogP contribution in [0.4, 0.5) is 0 Å². The van der Waals surface area contributed by atoms with E-state index in [1.54, 1.807) is 23.5 Å². The van der Waals surface area contributed by atoms with Crippen LogP contribution in [-0.2, 0) is 0 Å². The molecule has 4 aromatic carbocycles. The van der Waals surface area contributed by atoms with Crippen LogP contribution in [0.3, 0.4) is 0 Å². The fourth-order valence-corrected chi connectivity index (χ4v) is 5.57. The van der Waals surface area contributed by atoms with E-state index in [4.69, 9.17) is 10.2 Å². The third-order valence-corrected chi connectivity index (χ3v) is 7.81. The standard InChI is InChI=1S/C32H26N2S2/c1-23-13-17-27(18-14-23)35-29-21-22-30(36-28-19-15-24(2)16-20-28)32(26-11-7-4-8-12-26)34-33-31(29)25-9-5-3-6-10-25/h3-22H,1-2H3/b22-21-,29-21?,30-22?,31-29-,32-30+,33-31?,34-32?,34-33+. The zero-order valence-electron chi connectivity index (χ0n) is 20.3. The van der Waals surface area contributed by atoms with Crippen molar-refractivity contribution in [3.8, 4) is 0 Å². The van der Waals surface area contributed by atoms with E-state index in [1.807, 2.05) is 36.4 Å². The van der Waals surface area contributed by atoms with Crippen molar-refractivity contribution in [3.05, 3.63) is 153 Å². The van der Waals surface area contributed by atoms with Crippen molar-refractivity contribution in [1.29, 1.82) is 0 Å². The molecular weight excluding hydrogens is 477 g/mol. The first-order valence-electron chi connectivity index (χ1n) is 11.8. The smallest absolute Gasteiger partial charge is 0.107 e. The molecule has 36 heavy (non-hydrogen) atoms. The van der Waals surface area contributed by atoms with Crippen molar-refractivity contribution in [2.75, 3.05) is 0 Å². The lowest BCUT2D eigenvalue weighted by Gasteiger charge is -2.14. The van der Waals surface area contributed by atoms with Gasteiger partial charge in [0.25, 0.3) is 0 Å². The second kappa shape index (κ2) is 11.4. The molecule has 176 valence electrons. The second-order valence-corrected chi connectivity index (χ2v) is 10.8. The van der Waals surface area contributed by atoms with Gasteiger partial charge in [0.2, 0.25) is 0 Å². The minimum Gasteiger partial charge on any atom is -0.149 e. The Balaban J connectivity index is 1.62. The molecule has 0 saturated heterocycles. The fourth-order valence-electron chi connectivity index (χ4n) is 3.73. The van der Waals surface area contributed by atoms with Gasteiger partial charge in [0.1, 0.15) is 11.4 Å². The summed E-state index contributed by atoms with van der Waals surface area (Å²) in [5.41, 5.74) is 6.31. The predicted octanol–water partition coefficient (Wildman–Crippen LogP) is 9.95. The number of rotatable bonds is 6. The maximum atomic E-state index is 4.87. The first-order valence-corrected chi connectivity index (χ1v) is 13.5. The van der Waals surface area contributed by atoms with Crippen LogP contribution in [0, 0.1) is 13.8 Å². The third kappa shape index (κ3) is 5.96. The van der Waals surface area contributed by atoms with Crippen molar-refractivity contribution in [2.45, 2.75) is 23.6 Å². The van der Waals surface area contributed by atoms with E-state index in [0.29, 0.717) is 0 Å². The first-order chi connectivity index (χ1) is 17.7. The van der Waals surface area contributed by atoms with Gasteiger partial charge in [-0.25, -0.2) is 0 Å². The lowest BCUT2D eigenvalue weighted by Crippen LogP contribution is -1.92. The van der Waals surface area contributed by atoms with Crippen molar-refractivity contribution in [1.82, 2.24) is 0 Å². The first kappa shape index (κ1) is 24.1. The van der Waals surface area contributed by atoms with Gasteiger partial charge in [-0.3, -0.25) is 0 Å². The number of benzene rings is 4. The molecule has 0 fully saturated rings. The molecule has 0 saturated carbocycles. The lowest BCUT2D eigenvalue weighted by atomic mass is 10.1. The van der Waals surface area contributed by atoms with Crippen molar-refractivity contribution >= 4 is 34.9 Å². The topological polar surface area (TPSA) is 24.7 Å². The number of aryl methyl sites for hydroxylation is 2. The van der Waals surface area contributed by atoms with Gasteiger partial charge in [-0.15, -0.1) is 10.2 Å². The van der Waals surface area contributed by atoms with E-state index >= 15 is 0 Å². The summed E-state index contributed by atoms with van der Waals surface area (Å²) in [6.45, 7) is 4.22. The molecular formula is C32H26N2S2. The molecule has 4 heteroatoms. The van der Waals surface area contributed by atoms with Crippen LogP contribution >= 0.6 is 23.5 Å². The van der Waals surface area contributed by atoms with Crippen LogP contribution in [-0.4, -0.2) is 0 Å². The Bertz CT molecular complexity index is 1340. The predicted molar refractivity (Wildman–Crippen MR) is 155 cm³/mol. The number of allylic oxidation sites excluding steroid dienone is 2. The zero-order chi connectivity index (χ0) is 24.7. The van der Waals surface area contributed by atoms with Gasteiger partial charge >= 0.3 is 0 Å². The van der Waals surface area contributed by atoms with E-state index in [9.17, 15) is 0 Å². The summed E-state index contributed by atoms with van der Waals surface area (Å²) in [6.07, 6.45) is 4.37. The van der Waals surface area contributed by atoms with E-state index in [0.717, 1.165) is 32.3 Å². The number of thioether (sulfide) groups is 2. The van der Waals surface area contributed by atoms with Gasteiger partial charge in [0.15, 0.2) is 0 Å². The molecule has 0 radical (unpaired) electrons. The molecule has 0 spiro atoms. The summed E-state index contributed by atoms with van der Waals surface area (Å²) in [6, 6.07) is 37.8. The number of azo groups is 1. The largest absolute Gasteiger partial charge is 0.149 e. The average Bonchev–Trinajstić information content (AvgIpc) is 2.91. The van der Waals surface area contributed by atoms with E-state index in [1.165, 1.54) is 20.9 Å². The van der Waals surface area contributed by atoms with Gasteiger partial charge in [0.05, 0.1) is 0 Å². The van der Waals surface area contributed by atoms with Gasteiger partial charge in [-0.2, -0.15) is 0 Å². The summed E-state index contributed by atoms with van der Waals surface area (Å²) in [5.74, 6) is 0. The molecule has 2 nitrogen and oxygen atoms in total. The molecule has 4 aromatic rings. The molecule has 1 aliphatic rings. The Hall–Kier alpha value is -3.60. The summed E-state index contributed by atoms with van der Waals surface area (Å²) in [4.78, 5) is 4.46. The zero-order valence-corrected chi connectivity index (χ0v) is 21.9. The molecule has 1 aliphatic heterocycles. The van der Waals surface area contributed by atoms with Crippen LogP contribution in [0.2, 0.25) is 0 Å². The highest BCUT2D eigenvalue weighted by atomic mass is 32.2. The van der Waals surface area contributed by atoms with Gasteiger partial charge in [-0.05, 0) is 50.3 Å². The van der Waals surface area contributed by atoms with Crippen molar-refractivity contribution < 1.29 is 0 Å². The quantitative estimate of drug-likeness (QED) is 0.262. The van der Waals surface area contributed by atoms with Crippen molar-refractivity contribution in [2.24, 2.45) is 10.2 Å². The minimum absolute atomic E-state index is 0.866. The fraction of sp³-hybridized carbons (Fsp3) is 0.0625. The molecule has 0 amide bonds. The summed E-state index contributed by atoms with van der Waals surface area (Å²) in [7, 11) is 0. The summed E-state index contributed by atoms with van der Waals surface area (Å²) < 4.78 is 0. The second-order valence-electron chi connectivity index (χ2n) is 8.52. The normalized spacial score (nSPS) is 19.4. The van der Waals surface area contributed by atoms with Crippen LogP contribution < -0.4 is 0 Å². The molecule has 0 bridgehead atoms. The Labute approximate surface area is 221 Å². The molecule has 0 atom stereocenters. The van der Waals surface area contributed by atoms with E-state index < -0.39 is 0 Å². The molecule has 1 heterocycles. The monoisotopic (exact) mass is 502 g/mol. The van der Waals surface area contributed by atoms with E-state index in [-0.39, 0.29) is 0 Å². The third-order valence-electron chi connectivity index (χ3n) is 5.69. The maximum Gasteiger partial charge on any atom is 0.107 e. The molecule has 0 aliphatic carbocycles. The molecule has 0 aromatic heterocycles. The summed E-state index contributed by atoms with van der Waals surface area (Å²) in [5, 5.41) is 9.75. The average molecular weight is 503 g/mol. The minimum atomic E-state index is 0.866. The molecule has 5 rings (SSSR count). The Morgan fingerprint density at radius 3 is 1.17 bits per heavy atom. The maximum absolute atomic E-state index is 4.87. The Morgan fingerprint density at radius 1 is 0.444 bits per heavy atom. The lowest BCUT2D eigenvalue weighted by molar-refractivity contribution is 1.23. The highest BCUT2D eigenvalue weighted by Crippen LogP contribution is 2.41.